The molecular formula is C20H25N. The Hall–Kier alpha value is -1.76. The standard InChI is InChI=1S/C20H25N/c1-15(2)13-20(17-7-4-3-5-8-17)21-19-12-11-16-9-6-10-18(16)14-19/h3-5,7-8,11-12,14-15,20-21H,6,9-10,13H2,1-2H3. The lowest BCUT2D eigenvalue weighted by molar-refractivity contribution is 0.531. The maximum atomic E-state index is 3.76. The summed E-state index contributed by atoms with van der Waals surface area (Å²) in [6, 6.07) is 18.1. The molecule has 21 heavy (non-hydrogen) atoms. The molecule has 0 radical (unpaired) electrons. The van der Waals surface area contributed by atoms with Crippen LogP contribution >= 0.6 is 0 Å². The number of hydrogen-bond acceptors (Lipinski definition) is 1. The highest BCUT2D eigenvalue weighted by Crippen LogP contribution is 2.29. The van der Waals surface area contributed by atoms with E-state index < -0.39 is 0 Å². The summed E-state index contributed by atoms with van der Waals surface area (Å²) in [5.41, 5.74) is 5.73. The largest absolute Gasteiger partial charge is 0.378 e. The van der Waals surface area contributed by atoms with Crippen LogP contribution in [0.4, 0.5) is 5.69 Å². The summed E-state index contributed by atoms with van der Waals surface area (Å²) >= 11 is 0. The molecule has 1 aliphatic rings. The third-order valence-corrected chi connectivity index (χ3v) is 4.35. The first-order valence-corrected chi connectivity index (χ1v) is 8.15. The van der Waals surface area contributed by atoms with E-state index in [9.17, 15) is 0 Å². The van der Waals surface area contributed by atoms with Gasteiger partial charge in [0.15, 0.2) is 0 Å². The fourth-order valence-corrected chi connectivity index (χ4v) is 3.30. The fraction of sp³-hybridized carbons (Fsp3) is 0.400. The molecule has 110 valence electrons. The van der Waals surface area contributed by atoms with Crippen LogP contribution in [-0.4, -0.2) is 0 Å². The Labute approximate surface area is 128 Å². The van der Waals surface area contributed by atoms with Crippen LogP contribution in [0.2, 0.25) is 0 Å². The van der Waals surface area contributed by atoms with Crippen LogP contribution in [0, 0.1) is 5.92 Å². The van der Waals surface area contributed by atoms with Gasteiger partial charge in [0.1, 0.15) is 0 Å². The summed E-state index contributed by atoms with van der Waals surface area (Å²) in [5, 5.41) is 3.76. The van der Waals surface area contributed by atoms with Crippen molar-refractivity contribution >= 4 is 5.69 Å². The Morgan fingerprint density at radius 3 is 2.48 bits per heavy atom. The van der Waals surface area contributed by atoms with Gasteiger partial charge in [0.25, 0.3) is 0 Å². The second-order valence-corrected chi connectivity index (χ2v) is 6.57. The minimum absolute atomic E-state index is 0.394. The molecule has 2 aromatic carbocycles. The first kappa shape index (κ1) is 14.2. The van der Waals surface area contributed by atoms with Crippen molar-refractivity contribution < 1.29 is 0 Å². The quantitative estimate of drug-likeness (QED) is 0.775. The zero-order valence-electron chi connectivity index (χ0n) is 13.1. The van der Waals surface area contributed by atoms with Gasteiger partial charge < -0.3 is 5.32 Å². The molecule has 1 atom stereocenters. The lowest BCUT2D eigenvalue weighted by Gasteiger charge is -2.23. The van der Waals surface area contributed by atoms with Gasteiger partial charge in [0, 0.05) is 5.69 Å². The van der Waals surface area contributed by atoms with E-state index in [0.29, 0.717) is 12.0 Å². The van der Waals surface area contributed by atoms with E-state index in [1.165, 1.54) is 36.1 Å². The molecule has 2 aromatic rings. The van der Waals surface area contributed by atoms with E-state index in [0.717, 1.165) is 6.42 Å². The molecule has 0 heterocycles. The molecule has 1 heteroatoms. The summed E-state index contributed by atoms with van der Waals surface area (Å²) in [4.78, 5) is 0. The van der Waals surface area contributed by atoms with Gasteiger partial charge >= 0.3 is 0 Å². The van der Waals surface area contributed by atoms with Crippen LogP contribution < -0.4 is 5.32 Å². The molecular weight excluding hydrogens is 254 g/mol. The lowest BCUT2D eigenvalue weighted by atomic mass is 9.96. The second-order valence-electron chi connectivity index (χ2n) is 6.57. The number of anilines is 1. The Morgan fingerprint density at radius 1 is 0.952 bits per heavy atom. The third-order valence-electron chi connectivity index (χ3n) is 4.35. The van der Waals surface area contributed by atoms with Crippen molar-refractivity contribution in [3.05, 3.63) is 65.2 Å². The molecule has 0 amide bonds. The molecule has 0 bridgehead atoms. The maximum Gasteiger partial charge on any atom is 0.0516 e. The van der Waals surface area contributed by atoms with E-state index in [1.807, 2.05) is 0 Å². The third kappa shape index (κ3) is 3.47. The Kier molecular flexibility index (Phi) is 4.28. The smallest absolute Gasteiger partial charge is 0.0516 e. The van der Waals surface area contributed by atoms with Crippen molar-refractivity contribution in [3.8, 4) is 0 Å². The van der Waals surface area contributed by atoms with Gasteiger partial charge in [0.2, 0.25) is 0 Å². The van der Waals surface area contributed by atoms with E-state index in [1.54, 1.807) is 5.56 Å². The molecule has 1 nitrogen and oxygen atoms in total. The molecule has 0 fully saturated rings. The minimum Gasteiger partial charge on any atom is -0.378 e. The van der Waals surface area contributed by atoms with Gasteiger partial charge in [-0.1, -0.05) is 50.2 Å². The van der Waals surface area contributed by atoms with E-state index >= 15 is 0 Å². The van der Waals surface area contributed by atoms with Gasteiger partial charge in [-0.15, -0.1) is 0 Å². The van der Waals surface area contributed by atoms with Crippen LogP contribution in [0.5, 0.6) is 0 Å². The van der Waals surface area contributed by atoms with Crippen LogP contribution in [0.3, 0.4) is 0 Å². The van der Waals surface area contributed by atoms with Crippen molar-refractivity contribution in [3.63, 3.8) is 0 Å². The molecule has 3 rings (SSSR count). The predicted octanol–water partition coefficient (Wildman–Crippen LogP) is 5.37. The van der Waals surface area contributed by atoms with Gasteiger partial charge in [-0.05, 0) is 60.4 Å². The Bertz CT molecular complexity index is 586. The highest BCUT2D eigenvalue weighted by atomic mass is 14.9. The minimum atomic E-state index is 0.394. The molecule has 1 unspecified atom stereocenters. The average molecular weight is 279 g/mol. The molecule has 0 spiro atoms. The molecule has 0 aliphatic heterocycles. The van der Waals surface area contributed by atoms with Crippen molar-refractivity contribution in [2.75, 3.05) is 5.32 Å². The molecule has 1 aliphatic carbocycles. The van der Waals surface area contributed by atoms with E-state index in [4.69, 9.17) is 0 Å². The molecule has 0 saturated heterocycles. The molecule has 0 aromatic heterocycles. The zero-order chi connectivity index (χ0) is 14.7. The maximum absolute atomic E-state index is 3.76. The van der Waals surface area contributed by atoms with Crippen molar-refractivity contribution in [1.29, 1.82) is 0 Å². The number of hydrogen-bond donors (Lipinski definition) is 1. The highest BCUT2D eigenvalue weighted by Gasteiger charge is 2.15. The number of rotatable bonds is 5. The summed E-state index contributed by atoms with van der Waals surface area (Å²) in [6.45, 7) is 4.58. The number of nitrogens with one attached hydrogen (secondary N) is 1. The van der Waals surface area contributed by atoms with Gasteiger partial charge in [-0.3, -0.25) is 0 Å². The van der Waals surface area contributed by atoms with Crippen LogP contribution in [-0.2, 0) is 12.8 Å². The normalized spacial score (nSPS) is 15.0. The highest BCUT2D eigenvalue weighted by molar-refractivity contribution is 5.51. The van der Waals surface area contributed by atoms with Crippen molar-refractivity contribution in [2.24, 2.45) is 5.92 Å². The van der Waals surface area contributed by atoms with Crippen LogP contribution in [0.15, 0.2) is 48.5 Å². The Balaban J connectivity index is 1.81. The first-order valence-electron chi connectivity index (χ1n) is 8.15. The Morgan fingerprint density at radius 2 is 1.71 bits per heavy atom. The van der Waals surface area contributed by atoms with E-state index in [-0.39, 0.29) is 0 Å². The average Bonchev–Trinajstić information content (AvgIpc) is 2.94. The summed E-state index contributed by atoms with van der Waals surface area (Å²) < 4.78 is 0. The van der Waals surface area contributed by atoms with Gasteiger partial charge in [-0.2, -0.15) is 0 Å². The second kappa shape index (κ2) is 6.34. The summed E-state index contributed by atoms with van der Waals surface area (Å²) in [5.74, 6) is 0.678. The number of benzene rings is 2. The van der Waals surface area contributed by atoms with Crippen LogP contribution in [0.1, 0.15) is 49.4 Å². The number of aryl methyl sites for hydroxylation is 2. The monoisotopic (exact) mass is 279 g/mol. The summed E-state index contributed by atoms with van der Waals surface area (Å²) in [6.07, 6.45) is 4.96. The zero-order valence-corrected chi connectivity index (χ0v) is 13.1. The first-order chi connectivity index (χ1) is 10.2. The number of fused-ring (bicyclic) bond motifs is 1. The van der Waals surface area contributed by atoms with Crippen LogP contribution in [0.25, 0.3) is 0 Å². The summed E-state index contributed by atoms with van der Waals surface area (Å²) in [7, 11) is 0. The predicted molar refractivity (Wildman–Crippen MR) is 90.7 cm³/mol. The van der Waals surface area contributed by atoms with Gasteiger partial charge in [-0.25, -0.2) is 0 Å². The van der Waals surface area contributed by atoms with Gasteiger partial charge in [0.05, 0.1) is 6.04 Å². The molecule has 1 N–H and O–H groups in total. The topological polar surface area (TPSA) is 12.0 Å². The van der Waals surface area contributed by atoms with E-state index in [2.05, 4.69) is 67.7 Å². The fourth-order valence-electron chi connectivity index (χ4n) is 3.30. The lowest BCUT2D eigenvalue weighted by Crippen LogP contribution is -2.13. The van der Waals surface area contributed by atoms with Crippen molar-refractivity contribution in [1.82, 2.24) is 0 Å². The van der Waals surface area contributed by atoms with Crippen molar-refractivity contribution in [2.45, 2.75) is 45.6 Å². The SMILES string of the molecule is CC(C)CC(Nc1ccc2c(c1)CCC2)c1ccccc1. The molecule has 0 saturated carbocycles.